The van der Waals surface area contributed by atoms with E-state index in [1.165, 1.54) is 0 Å². The molecule has 0 radical (unpaired) electrons. The number of hydrogen-bond acceptors (Lipinski definition) is 6. The number of aromatic amines is 1. The zero-order chi connectivity index (χ0) is 21.6. The SMILES string of the molecule is CC(C)(Cn1cc2c(N)nc3cc(-c4ccn[nH]4)ccc3c2n1)C(=O)N1CCOCC1. The van der Waals surface area contributed by atoms with Crippen LogP contribution in [0.1, 0.15) is 13.8 Å². The van der Waals surface area contributed by atoms with E-state index in [0.717, 1.165) is 33.1 Å². The number of nitrogens with two attached hydrogens (primary N) is 1. The van der Waals surface area contributed by atoms with Crippen LogP contribution in [0.4, 0.5) is 5.82 Å². The van der Waals surface area contributed by atoms with Crippen molar-refractivity contribution in [2.45, 2.75) is 20.4 Å². The second kappa shape index (κ2) is 7.35. The van der Waals surface area contributed by atoms with E-state index in [1.54, 1.807) is 6.20 Å². The summed E-state index contributed by atoms with van der Waals surface area (Å²) in [4.78, 5) is 19.5. The van der Waals surface area contributed by atoms with Crippen molar-refractivity contribution in [1.29, 1.82) is 0 Å². The predicted molar refractivity (Wildman–Crippen MR) is 118 cm³/mol. The number of nitrogens with zero attached hydrogens (tertiary/aromatic N) is 5. The molecule has 0 aliphatic carbocycles. The number of nitrogens with one attached hydrogen (secondary N) is 1. The van der Waals surface area contributed by atoms with Gasteiger partial charge < -0.3 is 15.4 Å². The van der Waals surface area contributed by atoms with Crippen molar-refractivity contribution in [3.05, 3.63) is 36.7 Å². The van der Waals surface area contributed by atoms with Crippen LogP contribution in [0.15, 0.2) is 36.7 Å². The van der Waals surface area contributed by atoms with Crippen LogP contribution in [0.2, 0.25) is 0 Å². The Hall–Kier alpha value is -3.46. The second-order valence-electron chi connectivity index (χ2n) is 8.58. The molecule has 1 aromatic carbocycles. The zero-order valence-corrected chi connectivity index (χ0v) is 17.6. The Labute approximate surface area is 179 Å². The number of H-pyrrole nitrogens is 1. The molecule has 4 aromatic rings. The number of amides is 1. The molecule has 1 saturated heterocycles. The van der Waals surface area contributed by atoms with Gasteiger partial charge in [0.15, 0.2) is 0 Å². The molecular formula is C22H25N7O2. The molecular weight excluding hydrogens is 394 g/mol. The van der Waals surface area contributed by atoms with Gasteiger partial charge in [-0.2, -0.15) is 10.2 Å². The Bertz CT molecular complexity index is 1250. The first-order chi connectivity index (χ1) is 14.9. The van der Waals surface area contributed by atoms with Crippen LogP contribution in [0.3, 0.4) is 0 Å². The number of aromatic nitrogens is 5. The Morgan fingerprint density at radius 1 is 1.23 bits per heavy atom. The molecule has 0 bridgehead atoms. The second-order valence-corrected chi connectivity index (χ2v) is 8.58. The first-order valence-electron chi connectivity index (χ1n) is 10.4. The lowest BCUT2D eigenvalue weighted by Crippen LogP contribution is -2.48. The summed E-state index contributed by atoms with van der Waals surface area (Å²) in [5.74, 6) is 0.531. The summed E-state index contributed by atoms with van der Waals surface area (Å²) in [5.41, 5.74) is 9.11. The zero-order valence-electron chi connectivity index (χ0n) is 17.6. The van der Waals surface area contributed by atoms with E-state index < -0.39 is 5.41 Å². The molecule has 160 valence electrons. The molecule has 0 atom stereocenters. The first-order valence-corrected chi connectivity index (χ1v) is 10.4. The van der Waals surface area contributed by atoms with Crippen LogP contribution >= 0.6 is 0 Å². The average molecular weight is 419 g/mol. The van der Waals surface area contributed by atoms with Crippen molar-refractivity contribution in [3.8, 4) is 11.3 Å². The number of rotatable bonds is 4. The standard InChI is InChI=1S/C22H25N7O2/c1-22(2,21(30)28-7-9-31-10-8-28)13-29-12-16-19(27-29)15-4-3-14(17-5-6-24-26-17)11-18(15)25-20(16)23/h3-6,11-12H,7-10,13H2,1-2H3,(H2,23,25)(H,24,26). The summed E-state index contributed by atoms with van der Waals surface area (Å²) in [6.07, 6.45) is 3.60. The highest BCUT2D eigenvalue weighted by molar-refractivity contribution is 6.08. The number of pyridine rings is 1. The fourth-order valence-corrected chi connectivity index (χ4v) is 4.15. The highest BCUT2D eigenvalue weighted by Gasteiger charge is 2.33. The minimum absolute atomic E-state index is 0.107. The predicted octanol–water partition coefficient (Wildman–Crippen LogP) is 2.44. The maximum Gasteiger partial charge on any atom is 0.230 e. The molecule has 31 heavy (non-hydrogen) atoms. The van der Waals surface area contributed by atoms with Crippen molar-refractivity contribution in [2.24, 2.45) is 5.41 Å². The van der Waals surface area contributed by atoms with E-state index in [-0.39, 0.29) is 5.91 Å². The third-order valence-electron chi connectivity index (χ3n) is 5.78. The number of fused-ring (bicyclic) bond motifs is 3. The summed E-state index contributed by atoms with van der Waals surface area (Å²) in [7, 11) is 0. The molecule has 3 N–H and O–H groups in total. The van der Waals surface area contributed by atoms with E-state index in [4.69, 9.17) is 15.6 Å². The number of ether oxygens (including phenoxy) is 1. The lowest BCUT2D eigenvalue weighted by molar-refractivity contribution is -0.145. The van der Waals surface area contributed by atoms with Crippen LogP contribution in [0.25, 0.3) is 33.1 Å². The van der Waals surface area contributed by atoms with E-state index in [0.29, 0.717) is 38.7 Å². The van der Waals surface area contributed by atoms with E-state index >= 15 is 0 Å². The maximum absolute atomic E-state index is 13.1. The van der Waals surface area contributed by atoms with Crippen molar-refractivity contribution < 1.29 is 9.53 Å². The summed E-state index contributed by atoms with van der Waals surface area (Å²) in [6, 6.07) is 7.90. The molecule has 0 unspecified atom stereocenters. The normalized spacial score (nSPS) is 15.1. The Morgan fingerprint density at radius 3 is 2.77 bits per heavy atom. The molecule has 9 heteroatoms. The smallest absolute Gasteiger partial charge is 0.230 e. The first kappa shape index (κ1) is 19.5. The number of benzene rings is 1. The van der Waals surface area contributed by atoms with Crippen LogP contribution in [0.5, 0.6) is 0 Å². The van der Waals surface area contributed by atoms with Crippen molar-refractivity contribution in [3.63, 3.8) is 0 Å². The van der Waals surface area contributed by atoms with Crippen LogP contribution in [0, 0.1) is 5.41 Å². The van der Waals surface area contributed by atoms with Crippen molar-refractivity contribution in [2.75, 3.05) is 32.0 Å². The number of anilines is 1. The van der Waals surface area contributed by atoms with Gasteiger partial charge in [-0.3, -0.25) is 14.6 Å². The summed E-state index contributed by atoms with van der Waals surface area (Å²) in [5, 5.41) is 13.5. The molecule has 1 amide bonds. The van der Waals surface area contributed by atoms with Crippen molar-refractivity contribution >= 4 is 33.5 Å². The molecule has 1 aliphatic rings. The van der Waals surface area contributed by atoms with Gasteiger partial charge in [0.1, 0.15) is 11.3 Å². The minimum Gasteiger partial charge on any atom is -0.383 e. The molecule has 0 spiro atoms. The molecule has 9 nitrogen and oxygen atoms in total. The molecule has 1 fully saturated rings. The highest BCUT2D eigenvalue weighted by atomic mass is 16.5. The van der Waals surface area contributed by atoms with Gasteiger partial charge in [-0.25, -0.2) is 4.98 Å². The van der Waals surface area contributed by atoms with Gasteiger partial charge in [0.2, 0.25) is 5.91 Å². The fraction of sp³-hybridized carbons (Fsp3) is 0.364. The van der Waals surface area contributed by atoms with E-state index in [1.807, 2.05) is 53.9 Å². The number of hydrogen-bond donors (Lipinski definition) is 2. The number of carbonyl (C=O) groups is 1. The quantitative estimate of drug-likeness (QED) is 0.525. The Balaban J connectivity index is 1.49. The van der Waals surface area contributed by atoms with Crippen molar-refractivity contribution in [1.82, 2.24) is 29.9 Å². The van der Waals surface area contributed by atoms with Gasteiger partial charge in [0.05, 0.1) is 41.8 Å². The third kappa shape index (κ3) is 3.50. The maximum atomic E-state index is 13.1. The molecule has 1 aliphatic heterocycles. The van der Waals surface area contributed by atoms with E-state index in [9.17, 15) is 4.79 Å². The van der Waals surface area contributed by atoms with E-state index in [2.05, 4.69) is 15.2 Å². The highest BCUT2D eigenvalue weighted by Crippen LogP contribution is 2.31. The Kier molecular flexibility index (Phi) is 4.62. The third-order valence-corrected chi connectivity index (χ3v) is 5.78. The van der Waals surface area contributed by atoms with Gasteiger partial charge in [0.25, 0.3) is 0 Å². The summed E-state index contributed by atoms with van der Waals surface area (Å²) < 4.78 is 7.18. The molecule has 5 rings (SSSR count). The Morgan fingerprint density at radius 2 is 2.03 bits per heavy atom. The van der Waals surface area contributed by atoms with Gasteiger partial charge in [-0.15, -0.1) is 0 Å². The van der Waals surface area contributed by atoms with Gasteiger partial charge in [0, 0.05) is 36.4 Å². The van der Waals surface area contributed by atoms with Crippen LogP contribution in [-0.4, -0.2) is 62.1 Å². The lowest BCUT2D eigenvalue weighted by Gasteiger charge is -2.34. The van der Waals surface area contributed by atoms with Crippen LogP contribution in [-0.2, 0) is 16.1 Å². The number of carbonyl (C=O) groups excluding carboxylic acids is 1. The molecule has 4 heterocycles. The molecule has 3 aromatic heterocycles. The fourth-order valence-electron chi connectivity index (χ4n) is 4.15. The summed E-state index contributed by atoms with van der Waals surface area (Å²) >= 11 is 0. The monoisotopic (exact) mass is 419 g/mol. The lowest BCUT2D eigenvalue weighted by atomic mass is 9.91. The topological polar surface area (TPSA) is 115 Å². The largest absolute Gasteiger partial charge is 0.383 e. The molecule has 0 saturated carbocycles. The average Bonchev–Trinajstić information content (AvgIpc) is 3.44. The van der Waals surface area contributed by atoms with Crippen LogP contribution < -0.4 is 5.73 Å². The summed E-state index contributed by atoms with van der Waals surface area (Å²) in [6.45, 7) is 6.78. The number of nitrogen functional groups attached to an aromatic ring is 1. The van der Waals surface area contributed by atoms with Gasteiger partial charge in [-0.1, -0.05) is 6.07 Å². The minimum atomic E-state index is -0.606. The number of morpholine rings is 1. The van der Waals surface area contributed by atoms with Gasteiger partial charge >= 0.3 is 0 Å². The van der Waals surface area contributed by atoms with Gasteiger partial charge in [-0.05, 0) is 32.0 Å².